The maximum Gasteiger partial charge on any atom is 0.469 e. The molecule has 0 heterocycles. The monoisotopic (exact) mass is 304 g/mol. The van der Waals surface area contributed by atoms with Crippen molar-refractivity contribution < 1.29 is 28.3 Å². The van der Waals surface area contributed by atoms with Crippen LogP contribution in [-0.4, -0.2) is 23.5 Å². The highest BCUT2D eigenvalue weighted by Gasteiger charge is 2.14. The third kappa shape index (κ3) is 6.39. The van der Waals surface area contributed by atoms with Crippen molar-refractivity contribution in [1.82, 2.24) is 0 Å². The van der Waals surface area contributed by atoms with Crippen LogP contribution >= 0.6 is 7.82 Å². The Hall–Kier alpha value is -1.07. The number of benzene rings is 1. The fourth-order valence-electron chi connectivity index (χ4n) is 1.48. The molecule has 1 aromatic carbocycles. The van der Waals surface area contributed by atoms with E-state index in [9.17, 15) is 4.57 Å². The highest BCUT2D eigenvalue weighted by Crippen LogP contribution is 2.38. The molecule has 0 amide bonds. The predicted octanol–water partition coefficient (Wildman–Crippen LogP) is 2.73. The summed E-state index contributed by atoms with van der Waals surface area (Å²) in [6, 6.07) is 5.03. The van der Waals surface area contributed by atoms with E-state index in [1.807, 2.05) is 0 Å². The van der Waals surface area contributed by atoms with E-state index in [2.05, 4.69) is 18.4 Å². The summed E-state index contributed by atoms with van der Waals surface area (Å²) in [6.45, 7) is 4.63. The average Bonchev–Trinajstić information content (AvgIpc) is 2.36. The Bertz CT molecular complexity index is 468. The molecule has 0 saturated carbocycles. The zero-order valence-corrected chi connectivity index (χ0v) is 12.8. The minimum Gasteiger partial charge on any atom is -0.493 e. The normalized spacial score (nSPS) is 11.7. The van der Waals surface area contributed by atoms with Crippen molar-refractivity contribution in [2.75, 3.05) is 13.7 Å². The van der Waals surface area contributed by atoms with E-state index in [0.29, 0.717) is 29.6 Å². The molecular formula is C13H21O6P. The zero-order valence-electron chi connectivity index (χ0n) is 11.9. The minimum atomic E-state index is -4.47. The van der Waals surface area contributed by atoms with Gasteiger partial charge in [0, 0.05) is 0 Å². The SMILES string of the molecule is COc1cc(COP(=O)(O)O)ccc1OCCC(C)C. The highest BCUT2D eigenvalue weighted by atomic mass is 31.2. The van der Waals surface area contributed by atoms with Crippen LogP contribution in [0.4, 0.5) is 0 Å². The topological polar surface area (TPSA) is 85.2 Å². The molecule has 2 N–H and O–H groups in total. The highest BCUT2D eigenvalue weighted by molar-refractivity contribution is 7.46. The predicted molar refractivity (Wildman–Crippen MR) is 74.8 cm³/mol. The first-order chi connectivity index (χ1) is 9.31. The van der Waals surface area contributed by atoms with E-state index in [0.717, 1.165) is 6.42 Å². The van der Waals surface area contributed by atoms with Crippen LogP contribution in [0.5, 0.6) is 11.5 Å². The lowest BCUT2D eigenvalue weighted by Gasteiger charge is -2.13. The molecule has 0 aliphatic rings. The number of phosphoric acid groups is 1. The van der Waals surface area contributed by atoms with Crippen molar-refractivity contribution in [3.05, 3.63) is 23.8 Å². The first-order valence-corrected chi connectivity index (χ1v) is 7.84. The minimum absolute atomic E-state index is 0.188. The van der Waals surface area contributed by atoms with E-state index in [1.165, 1.54) is 7.11 Å². The molecule has 0 fully saturated rings. The number of ether oxygens (including phenoxy) is 2. The Kier molecular flexibility index (Phi) is 6.49. The maximum absolute atomic E-state index is 10.6. The second-order valence-electron chi connectivity index (χ2n) is 4.78. The van der Waals surface area contributed by atoms with Gasteiger partial charge in [0.2, 0.25) is 0 Å². The van der Waals surface area contributed by atoms with Gasteiger partial charge in [-0.15, -0.1) is 0 Å². The van der Waals surface area contributed by atoms with Crippen LogP contribution in [0.15, 0.2) is 18.2 Å². The largest absolute Gasteiger partial charge is 0.493 e. The fourth-order valence-corrected chi connectivity index (χ4v) is 1.80. The van der Waals surface area contributed by atoms with Gasteiger partial charge in [0.15, 0.2) is 11.5 Å². The second kappa shape index (κ2) is 7.64. The first-order valence-electron chi connectivity index (χ1n) is 6.31. The van der Waals surface area contributed by atoms with Crippen molar-refractivity contribution in [3.63, 3.8) is 0 Å². The number of hydrogen-bond acceptors (Lipinski definition) is 4. The average molecular weight is 304 g/mol. The van der Waals surface area contributed by atoms with Crippen molar-refractivity contribution in [2.45, 2.75) is 26.9 Å². The molecule has 7 heteroatoms. The van der Waals surface area contributed by atoms with Crippen LogP contribution in [-0.2, 0) is 15.7 Å². The lowest BCUT2D eigenvalue weighted by molar-refractivity contribution is 0.188. The number of hydrogen-bond donors (Lipinski definition) is 2. The number of rotatable bonds is 8. The summed E-state index contributed by atoms with van der Waals surface area (Å²) in [5.41, 5.74) is 0.599. The van der Waals surface area contributed by atoms with Gasteiger partial charge < -0.3 is 19.3 Å². The molecule has 0 radical (unpaired) electrons. The molecule has 114 valence electrons. The van der Waals surface area contributed by atoms with Crippen LogP contribution in [0.1, 0.15) is 25.8 Å². The Morgan fingerprint density at radius 3 is 2.50 bits per heavy atom. The molecular weight excluding hydrogens is 283 g/mol. The van der Waals surface area contributed by atoms with Crippen molar-refractivity contribution in [1.29, 1.82) is 0 Å². The Morgan fingerprint density at radius 2 is 1.95 bits per heavy atom. The van der Waals surface area contributed by atoms with E-state index in [4.69, 9.17) is 19.3 Å². The Balaban J connectivity index is 2.67. The van der Waals surface area contributed by atoms with Gasteiger partial charge >= 0.3 is 7.82 Å². The Labute approximate surface area is 118 Å². The molecule has 0 aromatic heterocycles. The molecule has 0 spiro atoms. The third-order valence-corrected chi connectivity index (χ3v) is 3.05. The molecule has 0 atom stereocenters. The summed E-state index contributed by atoms with van der Waals surface area (Å²) in [5, 5.41) is 0. The third-order valence-electron chi connectivity index (χ3n) is 2.58. The molecule has 20 heavy (non-hydrogen) atoms. The Morgan fingerprint density at radius 1 is 1.25 bits per heavy atom. The number of methoxy groups -OCH3 is 1. The lowest BCUT2D eigenvalue weighted by Crippen LogP contribution is -2.03. The smallest absolute Gasteiger partial charge is 0.469 e. The quantitative estimate of drug-likeness (QED) is 0.718. The molecule has 0 aliphatic carbocycles. The molecule has 0 aliphatic heterocycles. The number of phosphoric ester groups is 1. The van der Waals surface area contributed by atoms with Gasteiger partial charge in [0.1, 0.15) is 0 Å². The second-order valence-corrected chi connectivity index (χ2v) is 6.02. The fraction of sp³-hybridized carbons (Fsp3) is 0.538. The van der Waals surface area contributed by atoms with Gasteiger partial charge in [-0.25, -0.2) is 4.57 Å². The standard InChI is InChI=1S/C13H21O6P/c1-10(2)6-7-18-12-5-4-11(8-13(12)17-3)9-19-20(14,15)16/h4-5,8,10H,6-7,9H2,1-3H3,(H2,14,15,16). The van der Waals surface area contributed by atoms with Crippen molar-refractivity contribution in [3.8, 4) is 11.5 Å². The van der Waals surface area contributed by atoms with Gasteiger partial charge in [-0.3, -0.25) is 4.52 Å². The molecule has 0 unspecified atom stereocenters. The van der Waals surface area contributed by atoms with E-state index in [-0.39, 0.29) is 6.61 Å². The summed E-state index contributed by atoms with van der Waals surface area (Å²) < 4.78 is 25.9. The van der Waals surface area contributed by atoms with Gasteiger partial charge in [0.05, 0.1) is 20.3 Å². The molecule has 6 nitrogen and oxygen atoms in total. The first kappa shape index (κ1) is 17.0. The van der Waals surface area contributed by atoms with Gasteiger partial charge in [0.25, 0.3) is 0 Å². The lowest BCUT2D eigenvalue weighted by atomic mass is 10.1. The van der Waals surface area contributed by atoms with E-state index < -0.39 is 7.82 Å². The summed E-state index contributed by atoms with van der Waals surface area (Å²) in [4.78, 5) is 17.3. The summed E-state index contributed by atoms with van der Waals surface area (Å²) >= 11 is 0. The molecule has 0 saturated heterocycles. The van der Waals surface area contributed by atoms with Crippen molar-refractivity contribution in [2.24, 2.45) is 5.92 Å². The maximum atomic E-state index is 10.6. The van der Waals surface area contributed by atoms with E-state index >= 15 is 0 Å². The van der Waals surface area contributed by atoms with Gasteiger partial charge in [-0.2, -0.15) is 0 Å². The van der Waals surface area contributed by atoms with E-state index in [1.54, 1.807) is 18.2 Å². The molecule has 1 aromatic rings. The van der Waals surface area contributed by atoms with Gasteiger partial charge in [-0.05, 0) is 30.0 Å². The van der Waals surface area contributed by atoms with Crippen LogP contribution in [0.2, 0.25) is 0 Å². The zero-order chi connectivity index (χ0) is 15.2. The summed E-state index contributed by atoms with van der Waals surface area (Å²) in [6.07, 6.45) is 0.937. The van der Waals surface area contributed by atoms with Gasteiger partial charge in [-0.1, -0.05) is 19.9 Å². The summed E-state index contributed by atoms with van der Waals surface area (Å²) in [5.74, 6) is 1.67. The van der Waals surface area contributed by atoms with Crippen LogP contribution in [0.25, 0.3) is 0 Å². The van der Waals surface area contributed by atoms with Crippen LogP contribution in [0.3, 0.4) is 0 Å². The summed E-state index contributed by atoms with van der Waals surface area (Å²) in [7, 11) is -2.96. The van der Waals surface area contributed by atoms with Crippen molar-refractivity contribution >= 4 is 7.82 Å². The van der Waals surface area contributed by atoms with Crippen LogP contribution in [0, 0.1) is 5.92 Å². The molecule has 0 bridgehead atoms. The van der Waals surface area contributed by atoms with Crippen LogP contribution < -0.4 is 9.47 Å². The molecule has 1 rings (SSSR count).